The lowest BCUT2D eigenvalue weighted by Gasteiger charge is -2.31. The number of hydrogen-bond donors (Lipinski definition) is 0. The largest absolute Gasteiger partial charge is 0.464 e. The van der Waals surface area contributed by atoms with Gasteiger partial charge in [0.05, 0.1) is 12.6 Å². The van der Waals surface area contributed by atoms with Crippen molar-refractivity contribution in [2.75, 3.05) is 13.2 Å². The Kier molecular flexibility index (Phi) is 5.39. The summed E-state index contributed by atoms with van der Waals surface area (Å²) in [5.74, 6) is -0.156. The van der Waals surface area contributed by atoms with Gasteiger partial charge in [-0.3, -0.25) is 0 Å². The second-order valence-corrected chi connectivity index (χ2v) is 6.83. The van der Waals surface area contributed by atoms with Gasteiger partial charge in [0.1, 0.15) is 0 Å². The number of benzene rings is 1. The summed E-state index contributed by atoms with van der Waals surface area (Å²) in [4.78, 5) is 17.2. The molecule has 2 atom stereocenters. The summed E-state index contributed by atoms with van der Waals surface area (Å²) in [6.07, 6.45) is 4.63. The molecule has 1 aliphatic carbocycles. The second-order valence-electron chi connectivity index (χ2n) is 6.47. The zero-order valence-electron chi connectivity index (χ0n) is 14.5. The highest BCUT2D eigenvalue weighted by Crippen LogP contribution is 2.40. The number of carbonyl (C=O) groups excluding carboxylic acids is 1. The number of hydrogen-bond acceptors (Lipinski definition) is 3. The maximum absolute atomic E-state index is 12.9. The first-order valence-corrected chi connectivity index (χ1v) is 9.40. The van der Waals surface area contributed by atoms with E-state index in [1.807, 2.05) is 25.1 Å². The molecule has 0 aromatic heterocycles. The van der Waals surface area contributed by atoms with Gasteiger partial charge in [-0.25, -0.2) is 4.79 Å². The van der Waals surface area contributed by atoms with Crippen LogP contribution >= 0.6 is 12.2 Å². The van der Waals surface area contributed by atoms with E-state index in [-0.39, 0.29) is 18.1 Å². The molecule has 4 nitrogen and oxygen atoms in total. The van der Waals surface area contributed by atoms with Gasteiger partial charge in [0.2, 0.25) is 0 Å². The highest BCUT2D eigenvalue weighted by Gasteiger charge is 2.50. The molecule has 24 heavy (non-hydrogen) atoms. The number of ether oxygens (including phenoxy) is 1. The fourth-order valence-corrected chi connectivity index (χ4v) is 4.59. The normalized spacial score (nSPS) is 24.7. The lowest BCUT2D eigenvalue weighted by molar-refractivity contribution is -0.149. The molecule has 0 N–H and O–H groups in total. The Bertz CT molecular complexity index is 586. The molecular formula is C19H26N2O2S. The van der Waals surface area contributed by atoms with Crippen LogP contribution in [0.5, 0.6) is 0 Å². The zero-order chi connectivity index (χ0) is 17.1. The zero-order valence-corrected chi connectivity index (χ0v) is 15.3. The number of esters is 1. The van der Waals surface area contributed by atoms with E-state index in [0.29, 0.717) is 12.6 Å². The molecule has 0 unspecified atom stereocenters. The van der Waals surface area contributed by atoms with Crippen LogP contribution in [0.4, 0.5) is 0 Å². The fourth-order valence-electron chi connectivity index (χ4n) is 4.09. The van der Waals surface area contributed by atoms with Crippen molar-refractivity contribution in [3.63, 3.8) is 0 Å². The quantitative estimate of drug-likeness (QED) is 0.602. The fraction of sp³-hybridized carbons (Fsp3) is 0.579. The Hall–Kier alpha value is -1.62. The highest BCUT2D eigenvalue weighted by molar-refractivity contribution is 7.80. The molecule has 0 bridgehead atoms. The molecule has 0 radical (unpaired) electrons. The first kappa shape index (κ1) is 17.2. The van der Waals surface area contributed by atoms with E-state index in [1.54, 1.807) is 0 Å². The molecule has 3 rings (SSSR count). The van der Waals surface area contributed by atoms with Crippen molar-refractivity contribution >= 4 is 23.3 Å². The SMILES string of the molecule is CCOC(=O)[C@@H]1[C@@H](c2ccccc2)N(CC)C(=S)N1C1CCCC1. The Morgan fingerprint density at radius 1 is 1.21 bits per heavy atom. The molecule has 1 saturated heterocycles. The molecule has 130 valence electrons. The number of nitrogens with zero attached hydrogens (tertiary/aromatic N) is 2. The van der Waals surface area contributed by atoms with E-state index >= 15 is 0 Å². The van der Waals surface area contributed by atoms with Gasteiger partial charge in [-0.05, 0) is 44.5 Å². The molecule has 1 heterocycles. The van der Waals surface area contributed by atoms with Crippen molar-refractivity contribution in [2.45, 2.75) is 57.7 Å². The maximum atomic E-state index is 12.9. The number of carbonyl (C=O) groups is 1. The molecule has 1 aromatic carbocycles. The lowest BCUT2D eigenvalue weighted by Crippen LogP contribution is -2.46. The van der Waals surface area contributed by atoms with Crippen molar-refractivity contribution in [3.8, 4) is 0 Å². The molecule has 0 amide bonds. The number of thiocarbonyl (C=S) groups is 1. The van der Waals surface area contributed by atoms with Gasteiger partial charge in [0.15, 0.2) is 11.2 Å². The molecule has 2 fully saturated rings. The van der Waals surface area contributed by atoms with E-state index in [1.165, 1.54) is 12.8 Å². The molecule has 1 saturated carbocycles. The van der Waals surface area contributed by atoms with Crippen LogP contribution in [0.3, 0.4) is 0 Å². The highest BCUT2D eigenvalue weighted by atomic mass is 32.1. The van der Waals surface area contributed by atoms with Crippen LogP contribution in [0.1, 0.15) is 51.1 Å². The molecular weight excluding hydrogens is 320 g/mol. The van der Waals surface area contributed by atoms with Gasteiger partial charge in [-0.1, -0.05) is 43.2 Å². The number of likely N-dealkylation sites (N-methyl/N-ethyl adjacent to an activating group) is 1. The molecule has 5 heteroatoms. The monoisotopic (exact) mass is 346 g/mol. The Labute approximate surface area is 149 Å². The third-order valence-electron chi connectivity index (χ3n) is 5.13. The van der Waals surface area contributed by atoms with E-state index < -0.39 is 0 Å². The lowest BCUT2D eigenvalue weighted by atomic mass is 9.98. The average Bonchev–Trinajstić information content (AvgIpc) is 3.21. The van der Waals surface area contributed by atoms with E-state index in [2.05, 4.69) is 28.9 Å². The first-order chi connectivity index (χ1) is 11.7. The van der Waals surface area contributed by atoms with Crippen molar-refractivity contribution in [1.29, 1.82) is 0 Å². The maximum Gasteiger partial charge on any atom is 0.331 e. The van der Waals surface area contributed by atoms with Crippen molar-refractivity contribution in [2.24, 2.45) is 0 Å². The summed E-state index contributed by atoms with van der Waals surface area (Å²) in [6, 6.07) is 10.2. The van der Waals surface area contributed by atoms with Crippen molar-refractivity contribution in [3.05, 3.63) is 35.9 Å². The van der Waals surface area contributed by atoms with E-state index in [0.717, 1.165) is 30.1 Å². The Morgan fingerprint density at radius 2 is 1.88 bits per heavy atom. The minimum absolute atomic E-state index is 0.0663. The summed E-state index contributed by atoms with van der Waals surface area (Å²) < 4.78 is 5.44. The van der Waals surface area contributed by atoms with Gasteiger partial charge < -0.3 is 14.5 Å². The molecule has 1 aromatic rings. The molecule has 0 spiro atoms. The van der Waals surface area contributed by atoms with Crippen LogP contribution < -0.4 is 0 Å². The van der Waals surface area contributed by atoms with Crippen LogP contribution in [-0.4, -0.2) is 46.1 Å². The predicted molar refractivity (Wildman–Crippen MR) is 98.7 cm³/mol. The van der Waals surface area contributed by atoms with Gasteiger partial charge in [-0.15, -0.1) is 0 Å². The number of rotatable bonds is 5. The standard InChI is InChI=1S/C19H26N2O2S/c1-3-20-16(14-10-6-5-7-11-14)17(18(22)23-4-2)21(19(20)24)15-12-8-9-13-15/h5-7,10-11,15-17H,3-4,8-9,12-13H2,1-2H3/t16-,17+/m1/s1. The van der Waals surface area contributed by atoms with Crippen LogP contribution in [0.25, 0.3) is 0 Å². The van der Waals surface area contributed by atoms with Crippen LogP contribution in [0.15, 0.2) is 30.3 Å². The second kappa shape index (κ2) is 7.51. The molecule has 2 aliphatic rings. The first-order valence-electron chi connectivity index (χ1n) is 8.99. The minimum atomic E-state index is -0.345. The summed E-state index contributed by atoms with van der Waals surface area (Å²) >= 11 is 5.80. The van der Waals surface area contributed by atoms with Crippen LogP contribution in [-0.2, 0) is 9.53 Å². The third-order valence-corrected chi connectivity index (χ3v) is 5.57. The summed E-state index contributed by atoms with van der Waals surface area (Å²) in [6.45, 7) is 5.15. The van der Waals surface area contributed by atoms with Gasteiger partial charge in [0.25, 0.3) is 0 Å². The van der Waals surface area contributed by atoms with Crippen LogP contribution in [0.2, 0.25) is 0 Å². The van der Waals surface area contributed by atoms with Gasteiger partial charge in [-0.2, -0.15) is 0 Å². The van der Waals surface area contributed by atoms with E-state index in [9.17, 15) is 4.79 Å². The summed E-state index contributed by atoms with van der Waals surface area (Å²) in [5, 5.41) is 0.802. The van der Waals surface area contributed by atoms with Gasteiger partial charge >= 0.3 is 5.97 Å². The van der Waals surface area contributed by atoms with Crippen molar-refractivity contribution < 1.29 is 9.53 Å². The minimum Gasteiger partial charge on any atom is -0.464 e. The van der Waals surface area contributed by atoms with Crippen LogP contribution in [0, 0.1) is 0 Å². The van der Waals surface area contributed by atoms with Gasteiger partial charge in [0, 0.05) is 12.6 Å². The molecule has 1 aliphatic heterocycles. The predicted octanol–water partition coefficient (Wildman–Crippen LogP) is 3.52. The smallest absolute Gasteiger partial charge is 0.331 e. The van der Waals surface area contributed by atoms with Crippen molar-refractivity contribution in [1.82, 2.24) is 9.80 Å². The Morgan fingerprint density at radius 3 is 2.46 bits per heavy atom. The summed E-state index contributed by atoms with van der Waals surface area (Å²) in [7, 11) is 0. The third kappa shape index (κ3) is 3.02. The topological polar surface area (TPSA) is 32.8 Å². The Balaban J connectivity index is 2.02. The summed E-state index contributed by atoms with van der Waals surface area (Å²) in [5.41, 5.74) is 1.13. The van der Waals surface area contributed by atoms with E-state index in [4.69, 9.17) is 17.0 Å². The average molecular weight is 346 g/mol.